The molecule has 4 fully saturated rings. The van der Waals surface area contributed by atoms with Crippen LogP contribution in [0.1, 0.15) is 46.0 Å². The van der Waals surface area contributed by atoms with Crippen molar-refractivity contribution < 1.29 is 14.3 Å². The number of rotatable bonds is 4. The fraction of sp³-hybridized carbons (Fsp3) is 0.933. The minimum absolute atomic E-state index is 0.00440. The lowest BCUT2D eigenvalue weighted by atomic mass is 9.52. The quantitative estimate of drug-likeness (QED) is 0.570. The molecule has 3 heteroatoms. The number of ether oxygens (including phenoxy) is 2. The predicted molar refractivity (Wildman–Crippen MR) is 67.7 cm³/mol. The van der Waals surface area contributed by atoms with Crippen LogP contribution < -0.4 is 0 Å². The van der Waals surface area contributed by atoms with Crippen LogP contribution in [0.2, 0.25) is 0 Å². The molecule has 0 spiro atoms. The van der Waals surface area contributed by atoms with E-state index in [1.165, 1.54) is 32.1 Å². The maximum atomic E-state index is 12.3. The van der Waals surface area contributed by atoms with Crippen LogP contribution in [0, 0.1) is 29.6 Å². The van der Waals surface area contributed by atoms with Gasteiger partial charge in [-0.25, -0.2) is 0 Å². The van der Waals surface area contributed by atoms with Gasteiger partial charge >= 0.3 is 5.97 Å². The van der Waals surface area contributed by atoms with Crippen LogP contribution in [0.4, 0.5) is 0 Å². The monoisotopic (exact) mass is 252 g/mol. The molecule has 0 aromatic carbocycles. The summed E-state index contributed by atoms with van der Waals surface area (Å²) in [5.74, 6) is 3.18. The van der Waals surface area contributed by atoms with Crippen molar-refractivity contribution in [3.63, 3.8) is 0 Å². The van der Waals surface area contributed by atoms with E-state index < -0.39 is 0 Å². The third kappa shape index (κ3) is 2.18. The van der Waals surface area contributed by atoms with E-state index in [0.29, 0.717) is 18.4 Å². The Morgan fingerprint density at radius 2 is 1.67 bits per heavy atom. The van der Waals surface area contributed by atoms with Crippen molar-refractivity contribution in [2.75, 3.05) is 6.61 Å². The number of hydrogen-bond acceptors (Lipinski definition) is 3. The van der Waals surface area contributed by atoms with Gasteiger partial charge in [0.1, 0.15) is 0 Å². The van der Waals surface area contributed by atoms with Gasteiger partial charge in [0.25, 0.3) is 0 Å². The molecule has 0 heterocycles. The minimum Gasteiger partial charge on any atom is -0.436 e. The highest BCUT2D eigenvalue weighted by Crippen LogP contribution is 2.56. The van der Waals surface area contributed by atoms with E-state index in [0.717, 1.165) is 11.8 Å². The van der Waals surface area contributed by atoms with Gasteiger partial charge < -0.3 is 9.47 Å². The topological polar surface area (TPSA) is 35.5 Å². The van der Waals surface area contributed by atoms with Crippen molar-refractivity contribution in [2.24, 2.45) is 29.6 Å². The zero-order valence-electron chi connectivity index (χ0n) is 11.4. The van der Waals surface area contributed by atoms with Crippen molar-refractivity contribution in [1.82, 2.24) is 0 Å². The van der Waals surface area contributed by atoms with E-state index in [1.54, 1.807) is 0 Å². The van der Waals surface area contributed by atoms with Crippen molar-refractivity contribution in [1.29, 1.82) is 0 Å². The Bertz CT molecular complexity index is 298. The molecule has 4 bridgehead atoms. The molecule has 4 rings (SSSR count). The maximum absolute atomic E-state index is 12.3. The van der Waals surface area contributed by atoms with Crippen LogP contribution in [-0.2, 0) is 14.3 Å². The summed E-state index contributed by atoms with van der Waals surface area (Å²) in [6.07, 6.45) is 6.07. The molecular formula is C15H24O3. The predicted octanol–water partition coefficient (Wildman–Crippen LogP) is 2.98. The second-order valence-corrected chi connectivity index (χ2v) is 6.42. The summed E-state index contributed by atoms with van der Waals surface area (Å²) in [4.78, 5) is 12.3. The standard InChI is InChI=1S/C15H24O3/c1-3-17-9(2)18-15(16)14-12-5-10-4-11(7-12)8-13(14)6-10/h9-14H,3-8H2,1-2H3. The highest BCUT2D eigenvalue weighted by Gasteiger charge is 2.51. The molecule has 0 amide bonds. The molecule has 3 nitrogen and oxygen atoms in total. The van der Waals surface area contributed by atoms with Crippen molar-refractivity contribution in [2.45, 2.75) is 52.2 Å². The first-order chi connectivity index (χ1) is 8.67. The van der Waals surface area contributed by atoms with Crippen molar-refractivity contribution in [3.05, 3.63) is 0 Å². The molecule has 0 aromatic heterocycles. The van der Waals surface area contributed by atoms with E-state index >= 15 is 0 Å². The second kappa shape index (κ2) is 4.84. The number of esters is 1. The Hall–Kier alpha value is -0.570. The molecule has 4 saturated carbocycles. The Morgan fingerprint density at radius 1 is 1.11 bits per heavy atom. The molecule has 0 N–H and O–H groups in total. The molecule has 102 valence electrons. The van der Waals surface area contributed by atoms with Crippen molar-refractivity contribution >= 4 is 5.97 Å². The average Bonchev–Trinajstić information content (AvgIpc) is 2.27. The Morgan fingerprint density at radius 3 is 2.17 bits per heavy atom. The van der Waals surface area contributed by atoms with Gasteiger partial charge in [0.05, 0.1) is 5.92 Å². The van der Waals surface area contributed by atoms with Gasteiger partial charge in [-0.2, -0.15) is 0 Å². The summed E-state index contributed by atoms with van der Waals surface area (Å²) < 4.78 is 10.8. The highest BCUT2D eigenvalue weighted by atomic mass is 16.7. The van der Waals surface area contributed by atoms with Gasteiger partial charge in [0, 0.05) is 6.61 Å². The first-order valence-corrected chi connectivity index (χ1v) is 7.49. The highest BCUT2D eigenvalue weighted by molar-refractivity contribution is 5.73. The van der Waals surface area contributed by atoms with Gasteiger partial charge in [-0.3, -0.25) is 4.79 Å². The van der Waals surface area contributed by atoms with Crippen molar-refractivity contribution in [3.8, 4) is 0 Å². The lowest BCUT2D eigenvalue weighted by molar-refractivity contribution is -0.190. The number of carbonyl (C=O) groups excluding carboxylic acids is 1. The van der Waals surface area contributed by atoms with Crippen LogP contribution >= 0.6 is 0 Å². The third-order valence-electron chi connectivity index (χ3n) is 5.18. The second-order valence-electron chi connectivity index (χ2n) is 6.42. The number of hydrogen-bond donors (Lipinski definition) is 0. The van der Waals surface area contributed by atoms with E-state index in [4.69, 9.17) is 9.47 Å². The molecule has 18 heavy (non-hydrogen) atoms. The first kappa shape index (κ1) is 12.5. The summed E-state index contributed by atoms with van der Waals surface area (Å²) in [5.41, 5.74) is 0. The normalized spacial score (nSPS) is 42.9. The lowest BCUT2D eigenvalue weighted by Crippen LogP contribution is -2.48. The van der Waals surface area contributed by atoms with Crippen LogP contribution in [0.5, 0.6) is 0 Å². The van der Waals surface area contributed by atoms with Crippen LogP contribution in [0.3, 0.4) is 0 Å². The summed E-state index contributed by atoms with van der Waals surface area (Å²) in [5, 5.41) is 0. The largest absolute Gasteiger partial charge is 0.436 e. The maximum Gasteiger partial charge on any atom is 0.311 e. The Balaban J connectivity index is 1.64. The van der Waals surface area contributed by atoms with Gasteiger partial charge in [0.2, 0.25) is 0 Å². The Kier molecular flexibility index (Phi) is 3.35. The molecule has 0 saturated heterocycles. The SMILES string of the molecule is CCOC(C)OC(=O)C1C2CC3CC(C2)CC1C3. The van der Waals surface area contributed by atoms with Crippen LogP contribution in [0.15, 0.2) is 0 Å². The zero-order chi connectivity index (χ0) is 12.7. The van der Waals surface area contributed by atoms with E-state index in [-0.39, 0.29) is 18.2 Å². The Labute approximate surface area is 109 Å². The fourth-order valence-corrected chi connectivity index (χ4v) is 4.82. The molecule has 1 atom stereocenters. The lowest BCUT2D eigenvalue weighted by Gasteiger charge is -2.53. The smallest absolute Gasteiger partial charge is 0.311 e. The van der Waals surface area contributed by atoms with Gasteiger partial charge in [-0.05, 0) is 69.6 Å². The molecule has 0 aromatic rings. The summed E-state index contributed by atoms with van der Waals surface area (Å²) in [6.45, 7) is 4.33. The summed E-state index contributed by atoms with van der Waals surface area (Å²) >= 11 is 0. The van der Waals surface area contributed by atoms with E-state index in [9.17, 15) is 4.79 Å². The minimum atomic E-state index is -0.389. The van der Waals surface area contributed by atoms with Gasteiger partial charge in [-0.15, -0.1) is 0 Å². The molecular weight excluding hydrogens is 228 g/mol. The number of carbonyl (C=O) groups is 1. The fourth-order valence-electron chi connectivity index (χ4n) is 4.82. The molecule has 1 unspecified atom stereocenters. The molecule has 0 radical (unpaired) electrons. The average molecular weight is 252 g/mol. The van der Waals surface area contributed by atoms with Crippen LogP contribution in [-0.4, -0.2) is 18.9 Å². The van der Waals surface area contributed by atoms with E-state index in [1.807, 2.05) is 13.8 Å². The van der Waals surface area contributed by atoms with Gasteiger partial charge in [0.15, 0.2) is 6.29 Å². The zero-order valence-corrected chi connectivity index (χ0v) is 11.4. The van der Waals surface area contributed by atoms with E-state index in [2.05, 4.69) is 0 Å². The van der Waals surface area contributed by atoms with Gasteiger partial charge in [-0.1, -0.05) is 0 Å². The summed E-state index contributed by atoms with van der Waals surface area (Å²) in [6, 6.07) is 0. The first-order valence-electron chi connectivity index (χ1n) is 7.49. The molecule has 0 aliphatic heterocycles. The third-order valence-corrected chi connectivity index (χ3v) is 5.18. The molecule has 4 aliphatic rings. The summed E-state index contributed by atoms with van der Waals surface area (Å²) in [7, 11) is 0. The van der Waals surface area contributed by atoms with Crippen LogP contribution in [0.25, 0.3) is 0 Å². The molecule has 4 aliphatic carbocycles.